The molecule has 156 valence electrons. The zero-order valence-corrected chi connectivity index (χ0v) is 18.3. The van der Waals surface area contributed by atoms with Crippen LogP contribution in [0.5, 0.6) is 0 Å². The van der Waals surface area contributed by atoms with Gasteiger partial charge in [0.15, 0.2) is 5.16 Å². The third kappa shape index (κ3) is 4.15. The number of nitrogens with zero attached hydrogens (tertiary/aromatic N) is 3. The van der Waals surface area contributed by atoms with Crippen molar-refractivity contribution < 1.29 is 4.79 Å². The average Bonchev–Trinajstić information content (AvgIpc) is 2.78. The van der Waals surface area contributed by atoms with Gasteiger partial charge in [0.25, 0.3) is 5.56 Å². The maximum absolute atomic E-state index is 13.4. The Labute approximate surface area is 181 Å². The van der Waals surface area contributed by atoms with Crippen molar-refractivity contribution in [2.24, 2.45) is 0 Å². The number of para-hydroxylation sites is 1. The van der Waals surface area contributed by atoms with Crippen LogP contribution < -0.4 is 5.56 Å². The zero-order valence-electron chi connectivity index (χ0n) is 17.5. The molecule has 0 unspecified atom stereocenters. The highest BCUT2D eigenvalue weighted by Crippen LogP contribution is 2.26. The summed E-state index contributed by atoms with van der Waals surface area (Å²) in [4.78, 5) is 33.0. The summed E-state index contributed by atoms with van der Waals surface area (Å²) in [6, 6.07) is 17.4. The molecule has 6 heteroatoms. The predicted molar refractivity (Wildman–Crippen MR) is 122 cm³/mol. The summed E-state index contributed by atoms with van der Waals surface area (Å²) in [6.07, 6.45) is 3.30. The summed E-state index contributed by atoms with van der Waals surface area (Å²) in [5.41, 5.74) is 1.63. The third-order valence-corrected chi connectivity index (χ3v) is 6.83. The fraction of sp³-hybridized carbons (Fsp3) is 0.375. The lowest BCUT2D eigenvalue weighted by Crippen LogP contribution is -2.43. The first-order valence-corrected chi connectivity index (χ1v) is 11.5. The van der Waals surface area contributed by atoms with Crippen LogP contribution in [0.3, 0.4) is 0 Å². The molecular formula is C24H27N3O2S. The molecule has 0 spiro atoms. The van der Waals surface area contributed by atoms with Crippen LogP contribution in [0.25, 0.3) is 10.9 Å². The van der Waals surface area contributed by atoms with Crippen molar-refractivity contribution in [3.05, 3.63) is 70.5 Å². The summed E-state index contributed by atoms with van der Waals surface area (Å²) in [6.45, 7) is 4.94. The molecule has 0 radical (unpaired) electrons. The molecular weight excluding hydrogens is 394 g/mol. The average molecular weight is 422 g/mol. The molecule has 5 nitrogen and oxygen atoms in total. The molecule has 1 saturated heterocycles. The monoisotopic (exact) mass is 421 g/mol. The normalized spacial score (nSPS) is 17.8. The van der Waals surface area contributed by atoms with Crippen LogP contribution in [0.1, 0.15) is 44.7 Å². The van der Waals surface area contributed by atoms with Crippen molar-refractivity contribution in [3.63, 3.8) is 0 Å². The molecule has 2 aromatic carbocycles. The molecule has 0 aliphatic carbocycles. The Bertz CT molecular complexity index is 1100. The van der Waals surface area contributed by atoms with Gasteiger partial charge in [-0.25, -0.2) is 4.98 Å². The molecule has 0 N–H and O–H groups in total. The first-order valence-electron chi connectivity index (χ1n) is 10.5. The number of fused-ring (bicyclic) bond motifs is 1. The van der Waals surface area contributed by atoms with E-state index in [2.05, 4.69) is 6.92 Å². The van der Waals surface area contributed by atoms with E-state index in [1.54, 1.807) is 4.57 Å². The summed E-state index contributed by atoms with van der Waals surface area (Å²) >= 11 is 1.36. The van der Waals surface area contributed by atoms with Crippen LogP contribution in [-0.2, 0) is 4.79 Å². The van der Waals surface area contributed by atoms with Gasteiger partial charge in [0.05, 0.1) is 22.7 Å². The minimum absolute atomic E-state index is 0.0711. The lowest BCUT2D eigenvalue weighted by Gasteiger charge is -2.33. The summed E-state index contributed by atoms with van der Waals surface area (Å²) in [7, 11) is 0. The van der Waals surface area contributed by atoms with Gasteiger partial charge in [-0.15, -0.1) is 0 Å². The highest BCUT2D eigenvalue weighted by Gasteiger charge is 2.24. The number of hydrogen-bond donors (Lipinski definition) is 0. The van der Waals surface area contributed by atoms with Crippen LogP contribution in [0.4, 0.5) is 0 Å². The topological polar surface area (TPSA) is 55.2 Å². The number of likely N-dealkylation sites (tertiary alicyclic amines) is 1. The Balaban J connectivity index is 1.69. The van der Waals surface area contributed by atoms with E-state index in [0.29, 0.717) is 16.1 Å². The van der Waals surface area contributed by atoms with Crippen LogP contribution in [0.15, 0.2) is 64.5 Å². The SMILES string of the molecule is C[C@H](c1ccccc1)n1c(SCC(=O)N2CCCC[C@@H]2C)nc2ccccc2c1=O. The van der Waals surface area contributed by atoms with Crippen LogP contribution >= 0.6 is 11.8 Å². The maximum Gasteiger partial charge on any atom is 0.262 e. The number of amides is 1. The minimum atomic E-state index is -0.178. The first-order chi connectivity index (χ1) is 14.6. The van der Waals surface area contributed by atoms with Crippen molar-refractivity contribution in [1.82, 2.24) is 14.5 Å². The Hall–Kier alpha value is -2.60. The number of benzene rings is 2. The molecule has 2 heterocycles. The molecule has 1 aliphatic rings. The largest absolute Gasteiger partial charge is 0.339 e. The van der Waals surface area contributed by atoms with Crippen molar-refractivity contribution in [3.8, 4) is 0 Å². The van der Waals surface area contributed by atoms with Crippen molar-refractivity contribution >= 4 is 28.6 Å². The fourth-order valence-corrected chi connectivity index (χ4v) is 5.09. The number of carbonyl (C=O) groups excluding carboxylic acids is 1. The number of aromatic nitrogens is 2. The fourth-order valence-electron chi connectivity index (χ4n) is 4.13. The molecule has 1 aliphatic heterocycles. The van der Waals surface area contributed by atoms with Gasteiger partial charge in [0.1, 0.15) is 0 Å². The number of piperidine rings is 1. The van der Waals surface area contributed by atoms with E-state index >= 15 is 0 Å². The van der Waals surface area contributed by atoms with Gasteiger partial charge in [-0.3, -0.25) is 14.2 Å². The van der Waals surface area contributed by atoms with Crippen molar-refractivity contribution in [2.45, 2.75) is 50.4 Å². The molecule has 1 aromatic heterocycles. The summed E-state index contributed by atoms with van der Waals surface area (Å²) in [5.74, 6) is 0.407. The van der Waals surface area contributed by atoms with Crippen LogP contribution in [-0.4, -0.2) is 38.7 Å². The molecule has 2 atom stereocenters. The van der Waals surface area contributed by atoms with Gasteiger partial charge < -0.3 is 4.90 Å². The quantitative estimate of drug-likeness (QED) is 0.450. The van der Waals surface area contributed by atoms with Crippen LogP contribution in [0, 0.1) is 0 Å². The van der Waals surface area contributed by atoms with E-state index in [1.807, 2.05) is 66.4 Å². The Morgan fingerprint density at radius 1 is 1.13 bits per heavy atom. The summed E-state index contributed by atoms with van der Waals surface area (Å²) in [5, 5.41) is 1.19. The first kappa shape index (κ1) is 20.7. The van der Waals surface area contributed by atoms with E-state index < -0.39 is 0 Å². The number of rotatable bonds is 5. The minimum Gasteiger partial charge on any atom is -0.339 e. The Kier molecular flexibility index (Phi) is 6.23. The van der Waals surface area contributed by atoms with E-state index in [0.717, 1.165) is 24.9 Å². The van der Waals surface area contributed by atoms with E-state index in [-0.39, 0.29) is 29.3 Å². The summed E-state index contributed by atoms with van der Waals surface area (Å²) < 4.78 is 1.73. The molecule has 1 amide bonds. The molecule has 3 aromatic rings. The van der Waals surface area contributed by atoms with Crippen molar-refractivity contribution in [2.75, 3.05) is 12.3 Å². The van der Waals surface area contributed by atoms with Gasteiger partial charge in [0.2, 0.25) is 5.91 Å². The highest BCUT2D eigenvalue weighted by atomic mass is 32.2. The Morgan fingerprint density at radius 2 is 1.87 bits per heavy atom. The number of carbonyl (C=O) groups is 1. The van der Waals surface area contributed by atoms with Crippen molar-refractivity contribution in [1.29, 1.82) is 0 Å². The highest BCUT2D eigenvalue weighted by molar-refractivity contribution is 7.99. The second kappa shape index (κ2) is 9.04. The predicted octanol–water partition coefficient (Wildman–Crippen LogP) is 4.50. The Morgan fingerprint density at radius 3 is 2.63 bits per heavy atom. The standard InChI is InChI=1S/C24H27N3O2S/c1-17-10-8-9-15-26(17)22(28)16-30-24-25-21-14-7-6-13-20(21)23(29)27(24)18(2)19-11-4-3-5-12-19/h3-7,11-14,17-18H,8-10,15-16H2,1-2H3/t17-,18+/m0/s1. The van der Waals surface area contributed by atoms with Gasteiger partial charge in [-0.1, -0.05) is 54.2 Å². The zero-order chi connectivity index (χ0) is 21.1. The second-order valence-corrected chi connectivity index (χ2v) is 8.84. The van der Waals surface area contributed by atoms with E-state index in [9.17, 15) is 9.59 Å². The van der Waals surface area contributed by atoms with Gasteiger partial charge >= 0.3 is 0 Å². The van der Waals surface area contributed by atoms with Gasteiger partial charge in [-0.2, -0.15) is 0 Å². The number of thioether (sulfide) groups is 1. The second-order valence-electron chi connectivity index (χ2n) is 7.89. The number of hydrogen-bond acceptors (Lipinski definition) is 4. The molecule has 4 rings (SSSR count). The van der Waals surface area contributed by atoms with Gasteiger partial charge in [0, 0.05) is 12.6 Å². The van der Waals surface area contributed by atoms with Crippen LogP contribution in [0.2, 0.25) is 0 Å². The lowest BCUT2D eigenvalue weighted by atomic mass is 10.0. The molecule has 1 fully saturated rings. The smallest absolute Gasteiger partial charge is 0.262 e. The maximum atomic E-state index is 13.4. The van der Waals surface area contributed by atoms with E-state index in [1.165, 1.54) is 18.2 Å². The molecule has 0 bridgehead atoms. The lowest BCUT2D eigenvalue weighted by molar-refractivity contribution is -0.131. The molecule has 30 heavy (non-hydrogen) atoms. The van der Waals surface area contributed by atoms with Gasteiger partial charge in [-0.05, 0) is 50.8 Å². The molecule has 0 saturated carbocycles. The van der Waals surface area contributed by atoms with E-state index in [4.69, 9.17) is 4.98 Å². The third-order valence-electron chi connectivity index (χ3n) is 5.89.